The Morgan fingerprint density at radius 3 is 2.80 bits per heavy atom. The minimum absolute atomic E-state index is 0.132. The van der Waals surface area contributed by atoms with Gasteiger partial charge in [0.15, 0.2) is 4.21 Å². The first-order chi connectivity index (χ1) is 14.6. The lowest BCUT2D eigenvalue weighted by atomic mass is 9.92. The fraction of sp³-hybridized carbons (Fsp3) is 0.333. The first-order valence-electron chi connectivity index (χ1n) is 9.80. The van der Waals surface area contributed by atoms with E-state index in [0.717, 1.165) is 36.5 Å². The molecule has 1 aromatic heterocycles. The molecule has 2 atom stereocenters. The molecule has 0 bridgehead atoms. The summed E-state index contributed by atoms with van der Waals surface area (Å²) in [6, 6.07) is 15.8. The lowest BCUT2D eigenvalue weighted by molar-refractivity contribution is 0.302. The molecule has 0 spiro atoms. The number of nitrogens with zero attached hydrogens (tertiary/aromatic N) is 2. The number of benzene rings is 2. The van der Waals surface area contributed by atoms with Crippen molar-refractivity contribution >= 4 is 21.4 Å². The van der Waals surface area contributed by atoms with Crippen LogP contribution in [0.15, 0.2) is 63.8 Å². The number of sulfone groups is 1. The van der Waals surface area contributed by atoms with E-state index in [1.54, 1.807) is 25.3 Å². The molecular weight excluding hydrogens is 420 g/mol. The number of hydrogen-bond acceptors (Lipinski definition) is 8. The van der Waals surface area contributed by atoms with E-state index >= 15 is 0 Å². The van der Waals surface area contributed by atoms with E-state index in [9.17, 15) is 8.42 Å². The van der Waals surface area contributed by atoms with E-state index in [1.165, 1.54) is 11.8 Å². The van der Waals surface area contributed by atoms with Gasteiger partial charge < -0.3 is 15.4 Å². The van der Waals surface area contributed by atoms with Crippen molar-refractivity contribution in [3.63, 3.8) is 0 Å². The summed E-state index contributed by atoms with van der Waals surface area (Å²) in [5, 5.41) is 10.9. The summed E-state index contributed by atoms with van der Waals surface area (Å²) in [5.74, 6) is 0.656. The van der Waals surface area contributed by atoms with Crippen LogP contribution in [0.5, 0.6) is 5.75 Å². The first-order valence-corrected chi connectivity index (χ1v) is 12.1. The molecule has 1 aliphatic heterocycles. The van der Waals surface area contributed by atoms with Crippen LogP contribution in [0.2, 0.25) is 0 Å². The molecule has 4 rings (SSSR count). The summed E-state index contributed by atoms with van der Waals surface area (Å²) in [4.78, 5) is 0.215. The predicted molar refractivity (Wildman–Crippen MR) is 115 cm³/mol. The summed E-state index contributed by atoms with van der Waals surface area (Å²) >= 11 is 0.870. The quantitative estimate of drug-likeness (QED) is 0.579. The van der Waals surface area contributed by atoms with Crippen molar-refractivity contribution in [1.82, 2.24) is 20.2 Å². The molecule has 9 heteroatoms. The zero-order valence-corrected chi connectivity index (χ0v) is 18.2. The van der Waals surface area contributed by atoms with Crippen molar-refractivity contribution in [1.29, 1.82) is 0 Å². The summed E-state index contributed by atoms with van der Waals surface area (Å²) in [5.41, 5.74) is 2.05. The van der Waals surface area contributed by atoms with Gasteiger partial charge in [0.2, 0.25) is 9.84 Å². The minimum Gasteiger partial charge on any atom is -0.496 e. The zero-order valence-electron chi connectivity index (χ0n) is 16.6. The van der Waals surface area contributed by atoms with Crippen LogP contribution in [-0.4, -0.2) is 37.7 Å². The van der Waals surface area contributed by atoms with Crippen LogP contribution in [0.25, 0.3) is 0 Å². The summed E-state index contributed by atoms with van der Waals surface area (Å²) in [6.45, 7) is 1.49. The molecule has 2 N–H and O–H groups in total. The summed E-state index contributed by atoms with van der Waals surface area (Å²) in [6.07, 6.45) is 3.41. The molecule has 0 radical (unpaired) electrons. The normalized spacial score (nSPS) is 19.5. The maximum Gasteiger partial charge on any atom is 0.219 e. The zero-order chi connectivity index (χ0) is 21.0. The van der Waals surface area contributed by atoms with E-state index in [1.807, 2.05) is 18.2 Å². The summed E-state index contributed by atoms with van der Waals surface area (Å²) < 4.78 is 35.0. The number of hydrogen-bond donors (Lipinski definition) is 2. The molecule has 0 saturated carbocycles. The second-order valence-electron chi connectivity index (χ2n) is 7.19. The van der Waals surface area contributed by atoms with Gasteiger partial charge >= 0.3 is 0 Å². The van der Waals surface area contributed by atoms with Gasteiger partial charge in [-0.15, -0.1) is 5.10 Å². The van der Waals surface area contributed by atoms with E-state index in [-0.39, 0.29) is 21.2 Å². The van der Waals surface area contributed by atoms with Gasteiger partial charge in [0, 0.05) is 35.7 Å². The van der Waals surface area contributed by atoms with Crippen molar-refractivity contribution in [2.24, 2.45) is 0 Å². The SMILES string of the molecule is COc1ccc(S(=O)(=O)c2cnns2)cc1CN[C@H]1CCCN[C@H]1c1ccccc1. The molecule has 3 aromatic rings. The molecule has 158 valence electrons. The molecule has 0 unspecified atom stereocenters. The van der Waals surface area contributed by atoms with Crippen molar-refractivity contribution in [3.05, 3.63) is 65.9 Å². The van der Waals surface area contributed by atoms with Gasteiger partial charge in [0.05, 0.1) is 18.2 Å². The average Bonchev–Trinajstić information content (AvgIpc) is 3.34. The number of aromatic nitrogens is 2. The van der Waals surface area contributed by atoms with Gasteiger partial charge in [-0.2, -0.15) is 0 Å². The van der Waals surface area contributed by atoms with Crippen molar-refractivity contribution in [2.75, 3.05) is 13.7 Å². The fourth-order valence-corrected chi connectivity index (χ4v) is 5.83. The van der Waals surface area contributed by atoms with Crippen molar-refractivity contribution < 1.29 is 13.2 Å². The maximum absolute atomic E-state index is 12.8. The van der Waals surface area contributed by atoms with Crippen molar-refractivity contribution in [2.45, 2.75) is 40.6 Å². The Morgan fingerprint density at radius 1 is 1.23 bits per heavy atom. The Morgan fingerprint density at radius 2 is 2.07 bits per heavy atom. The van der Waals surface area contributed by atoms with Crippen LogP contribution in [0, 0.1) is 0 Å². The minimum atomic E-state index is -3.64. The third-order valence-corrected chi connectivity index (χ3v) is 8.19. The Hall–Kier alpha value is -2.33. The third kappa shape index (κ3) is 4.39. The molecule has 0 aliphatic carbocycles. The molecule has 1 aliphatic rings. The van der Waals surface area contributed by atoms with Gasteiger partial charge in [-0.25, -0.2) is 8.42 Å². The number of rotatable bonds is 7. The van der Waals surface area contributed by atoms with Gasteiger partial charge in [-0.1, -0.05) is 34.8 Å². The molecule has 7 nitrogen and oxygen atoms in total. The Kier molecular flexibility index (Phi) is 6.43. The van der Waals surface area contributed by atoms with E-state index in [2.05, 4.69) is 32.4 Å². The molecule has 30 heavy (non-hydrogen) atoms. The van der Waals surface area contributed by atoms with Crippen LogP contribution < -0.4 is 15.4 Å². The van der Waals surface area contributed by atoms with E-state index in [0.29, 0.717) is 12.3 Å². The number of nitrogens with one attached hydrogen (secondary N) is 2. The highest BCUT2D eigenvalue weighted by Crippen LogP contribution is 2.29. The Bertz CT molecular complexity index is 1070. The van der Waals surface area contributed by atoms with Crippen LogP contribution in [-0.2, 0) is 16.4 Å². The lowest BCUT2D eigenvalue weighted by Crippen LogP contribution is -2.45. The topological polar surface area (TPSA) is 93.2 Å². The van der Waals surface area contributed by atoms with Gasteiger partial charge in [0.1, 0.15) is 5.75 Å². The second-order valence-corrected chi connectivity index (χ2v) is 10.1. The van der Waals surface area contributed by atoms with Crippen molar-refractivity contribution in [3.8, 4) is 5.75 Å². The molecule has 0 amide bonds. The smallest absolute Gasteiger partial charge is 0.219 e. The molecule has 1 saturated heterocycles. The van der Waals surface area contributed by atoms with Crippen LogP contribution in [0.4, 0.5) is 0 Å². The largest absolute Gasteiger partial charge is 0.496 e. The monoisotopic (exact) mass is 444 g/mol. The van der Waals surface area contributed by atoms with Crippen LogP contribution >= 0.6 is 11.5 Å². The van der Waals surface area contributed by atoms with E-state index in [4.69, 9.17) is 4.74 Å². The van der Waals surface area contributed by atoms with Crippen LogP contribution in [0.3, 0.4) is 0 Å². The van der Waals surface area contributed by atoms with Gasteiger partial charge in [-0.3, -0.25) is 0 Å². The highest BCUT2D eigenvalue weighted by molar-refractivity contribution is 7.93. The number of piperidine rings is 1. The molecule has 2 heterocycles. The summed E-state index contributed by atoms with van der Waals surface area (Å²) in [7, 11) is -2.05. The first kappa shape index (κ1) is 20.9. The van der Waals surface area contributed by atoms with E-state index < -0.39 is 9.84 Å². The highest BCUT2D eigenvalue weighted by Gasteiger charge is 2.26. The third-order valence-electron chi connectivity index (χ3n) is 5.34. The van der Waals surface area contributed by atoms with Gasteiger partial charge in [0.25, 0.3) is 0 Å². The molecule has 1 fully saturated rings. The predicted octanol–water partition coefficient (Wildman–Crippen LogP) is 2.96. The molecule has 2 aromatic carbocycles. The Balaban J connectivity index is 1.56. The average molecular weight is 445 g/mol. The van der Waals surface area contributed by atoms with Crippen LogP contribution in [0.1, 0.15) is 30.0 Å². The maximum atomic E-state index is 12.8. The number of ether oxygens (including phenoxy) is 1. The lowest BCUT2D eigenvalue weighted by Gasteiger charge is -2.34. The molecular formula is C21H24N4O3S2. The standard InChI is InChI=1S/C21H24N4O3S2/c1-28-19-10-9-17(30(26,27)20-14-24-25-29-20)12-16(19)13-23-18-8-5-11-22-21(18)15-6-3-2-4-7-15/h2-4,6-7,9-10,12,14,18,21-23H,5,8,11,13H2,1H3/t18-,21-/m0/s1. The second kappa shape index (κ2) is 9.22. The highest BCUT2D eigenvalue weighted by atomic mass is 32.2. The fourth-order valence-electron chi connectivity index (χ4n) is 3.81. The number of methoxy groups -OCH3 is 1. The van der Waals surface area contributed by atoms with Gasteiger partial charge in [-0.05, 0) is 43.1 Å². The Labute approximate surface area is 180 Å².